The van der Waals surface area contributed by atoms with Crippen molar-refractivity contribution >= 4 is 27.3 Å². The molecule has 6 nitrogen and oxygen atoms in total. The molecular weight excluding hydrogens is 388 g/mol. The third-order valence-corrected chi connectivity index (χ3v) is 6.82. The Hall–Kier alpha value is -2.80. The summed E-state index contributed by atoms with van der Waals surface area (Å²) in [4.78, 5) is 12.5. The third-order valence-electron chi connectivity index (χ3n) is 4.92. The summed E-state index contributed by atoms with van der Waals surface area (Å²) in [6, 6.07) is 13.5. The van der Waals surface area contributed by atoms with Crippen molar-refractivity contribution in [1.82, 2.24) is 0 Å². The molecule has 1 N–H and O–H groups in total. The second kappa shape index (κ2) is 9.13. The molecule has 3 rings (SSSR count). The van der Waals surface area contributed by atoms with Crippen molar-refractivity contribution < 1.29 is 17.9 Å². The highest BCUT2D eigenvalue weighted by Gasteiger charge is 2.25. The average molecular weight is 415 g/mol. The van der Waals surface area contributed by atoms with Gasteiger partial charge in [-0.2, -0.15) is 0 Å². The van der Waals surface area contributed by atoms with E-state index in [4.69, 9.17) is 4.74 Å². The second-order valence-electron chi connectivity index (χ2n) is 6.89. The maximum Gasteiger partial charge on any atom is 0.264 e. The molecule has 0 spiro atoms. The molecule has 0 aromatic heterocycles. The monoisotopic (exact) mass is 414 g/mol. The van der Waals surface area contributed by atoms with Crippen LogP contribution in [0.25, 0.3) is 0 Å². The second-order valence-corrected chi connectivity index (χ2v) is 8.75. The average Bonchev–Trinajstić information content (AvgIpc) is 3.22. The van der Waals surface area contributed by atoms with E-state index >= 15 is 0 Å². The topological polar surface area (TPSA) is 75.7 Å². The van der Waals surface area contributed by atoms with Gasteiger partial charge >= 0.3 is 0 Å². The highest BCUT2D eigenvalue weighted by Crippen LogP contribution is 2.31. The molecule has 7 heteroatoms. The number of allylic oxidation sites excluding steroid dienone is 2. The van der Waals surface area contributed by atoms with Crippen LogP contribution in [-0.2, 0) is 14.8 Å². The van der Waals surface area contributed by atoms with Crippen LogP contribution in [0.5, 0.6) is 5.75 Å². The van der Waals surface area contributed by atoms with E-state index < -0.39 is 10.0 Å². The number of nitrogens with one attached hydrogen (secondary N) is 1. The molecule has 0 bridgehead atoms. The highest BCUT2D eigenvalue weighted by molar-refractivity contribution is 7.92. The van der Waals surface area contributed by atoms with E-state index in [2.05, 4.69) is 17.5 Å². The van der Waals surface area contributed by atoms with Gasteiger partial charge in [-0.3, -0.25) is 9.10 Å². The normalized spacial score (nSPS) is 15.9. The zero-order valence-corrected chi connectivity index (χ0v) is 17.5. The van der Waals surface area contributed by atoms with Crippen molar-refractivity contribution in [3.63, 3.8) is 0 Å². The van der Waals surface area contributed by atoms with Gasteiger partial charge in [0, 0.05) is 13.0 Å². The number of hydrogen-bond donors (Lipinski definition) is 1. The predicted molar refractivity (Wildman–Crippen MR) is 115 cm³/mol. The summed E-state index contributed by atoms with van der Waals surface area (Å²) in [6.07, 6.45) is 6.44. The van der Waals surface area contributed by atoms with Crippen LogP contribution in [0.15, 0.2) is 65.6 Å². The summed E-state index contributed by atoms with van der Waals surface area (Å²) in [5, 5.41) is 2.82. The molecular formula is C22H26N2O4S. The SMILES string of the molecule is CCN(c1ccccc1)S(=O)(=O)c1ccc(OC)c(NC(=O)CC2C=CCC2)c1. The smallest absolute Gasteiger partial charge is 0.264 e. The molecule has 0 radical (unpaired) electrons. The summed E-state index contributed by atoms with van der Waals surface area (Å²) in [5.74, 6) is 0.480. The van der Waals surface area contributed by atoms with Gasteiger partial charge in [0.25, 0.3) is 10.0 Å². The zero-order valence-electron chi connectivity index (χ0n) is 16.7. The number of methoxy groups -OCH3 is 1. The fourth-order valence-electron chi connectivity index (χ4n) is 3.46. The van der Waals surface area contributed by atoms with Gasteiger partial charge in [-0.25, -0.2) is 8.42 Å². The molecule has 29 heavy (non-hydrogen) atoms. The quantitative estimate of drug-likeness (QED) is 0.657. The molecule has 2 aromatic rings. The van der Waals surface area contributed by atoms with Crippen LogP contribution in [0.3, 0.4) is 0 Å². The van der Waals surface area contributed by atoms with Crippen LogP contribution in [0, 0.1) is 5.92 Å². The van der Waals surface area contributed by atoms with Gasteiger partial charge in [-0.1, -0.05) is 30.4 Å². The Morgan fingerprint density at radius 1 is 1.21 bits per heavy atom. The largest absolute Gasteiger partial charge is 0.495 e. The fraction of sp³-hybridized carbons (Fsp3) is 0.318. The Labute approximate surface area is 172 Å². The van der Waals surface area contributed by atoms with Crippen LogP contribution >= 0.6 is 0 Å². The van der Waals surface area contributed by atoms with Gasteiger partial charge in [0.15, 0.2) is 0 Å². The minimum atomic E-state index is -3.79. The number of nitrogens with zero attached hydrogens (tertiary/aromatic N) is 1. The fourth-order valence-corrected chi connectivity index (χ4v) is 4.96. The van der Waals surface area contributed by atoms with Gasteiger partial charge in [0.2, 0.25) is 5.91 Å². The summed E-state index contributed by atoms with van der Waals surface area (Å²) < 4.78 is 33.1. The molecule has 0 fully saturated rings. The van der Waals surface area contributed by atoms with E-state index in [1.807, 2.05) is 6.07 Å². The predicted octanol–water partition coefficient (Wildman–Crippen LogP) is 4.21. The maximum absolute atomic E-state index is 13.2. The summed E-state index contributed by atoms with van der Waals surface area (Å²) >= 11 is 0. The molecule has 0 saturated carbocycles. The highest BCUT2D eigenvalue weighted by atomic mass is 32.2. The Bertz CT molecular complexity index is 987. The summed E-state index contributed by atoms with van der Waals surface area (Å²) in [5.41, 5.74) is 0.939. The Balaban J connectivity index is 1.88. The van der Waals surface area contributed by atoms with Gasteiger partial charge in [0.05, 0.1) is 23.4 Å². The number of anilines is 2. The van der Waals surface area contributed by atoms with Crippen LogP contribution in [0.4, 0.5) is 11.4 Å². The number of benzene rings is 2. The van der Waals surface area contributed by atoms with E-state index in [-0.39, 0.29) is 23.3 Å². The van der Waals surface area contributed by atoms with Crippen LogP contribution in [0.2, 0.25) is 0 Å². The van der Waals surface area contributed by atoms with Crippen molar-refractivity contribution in [2.24, 2.45) is 5.92 Å². The minimum absolute atomic E-state index is 0.0973. The van der Waals surface area contributed by atoms with Crippen LogP contribution in [0.1, 0.15) is 26.2 Å². The molecule has 2 aromatic carbocycles. The van der Waals surface area contributed by atoms with Crippen molar-refractivity contribution in [2.45, 2.75) is 31.1 Å². The molecule has 1 aliphatic carbocycles. The number of sulfonamides is 1. The van der Waals surface area contributed by atoms with Crippen molar-refractivity contribution in [3.05, 3.63) is 60.7 Å². The number of amides is 1. The van der Waals surface area contributed by atoms with E-state index in [9.17, 15) is 13.2 Å². The van der Waals surface area contributed by atoms with Gasteiger partial charge < -0.3 is 10.1 Å². The first-order valence-corrected chi connectivity index (χ1v) is 11.1. The lowest BCUT2D eigenvalue weighted by Crippen LogP contribution is -2.30. The first-order valence-electron chi connectivity index (χ1n) is 9.68. The lowest BCUT2D eigenvalue weighted by atomic mass is 10.1. The van der Waals surface area contributed by atoms with E-state index in [0.29, 0.717) is 23.5 Å². The molecule has 1 aliphatic rings. The molecule has 0 aliphatic heterocycles. The molecule has 0 heterocycles. The number of hydrogen-bond acceptors (Lipinski definition) is 4. The molecule has 1 amide bonds. The summed E-state index contributed by atoms with van der Waals surface area (Å²) in [6.45, 7) is 2.07. The molecule has 1 unspecified atom stereocenters. The first-order chi connectivity index (χ1) is 14.0. The van der Waals surface area contributed by atoms with Gasteiger partial charge in [-0.15, -0.1) is 0 Å². The Morgan fingerprint density at radius 3 is 2.59 bits per heavy atom. The number of rotatable bonds is 8. The Morgan fingerprint density at radius 2 is 1.97 bits per heavy atom. The van der Waals surface area contributed by atoms with Crippen LogP contribution in [-0.4, -0.2) is 28.0 Å². The van der Waals surface area contributed by atoms with E-state index in [1.54, 1.807) is 37.3 Å². The Kier molecular flexibility index (Phi) is 6.59. The number of carbonyl (C=O) groups excluding carboxylic acids is 1. The molecule has 0 saturated heterocycles. The molecule has 154 valence electrons. The standard InChI is InChI=1S/C22H26N2O4S/c1-3-24(18-11-5-4-6-12-18)29(26,27)19-13-14-21(28-2)20(16-19)23-22(25)15-17-9-7-8-10-17/h4-7,9,11-14,16-17H,3,8,10,15H2,1-2H3,(H,23,25). The third kappa shape index (κ3) is 4.79. The van der Waals surface area contributed by atoms with E-state index in [1.165, 1.54) is 23.5 Å². The number of para-hydroxylation sites is 1. The van der Waals surface area contributed by atoms with Gasteiger partial charge in [0.1, 0.15) is 5.75 Å². The molecule has 1 atom stereocenters. The van der Waals surface area contributed by atoms with E-state index in [0.717, 1.165) is 12.8 Å². The van der Waals surface area contributed by atoms with Crippen molar-refractivity contribution in [2.75, 3.05) is 23.3 Å². The lowest BCUT2D eigenvalue weighted by Gasteiger charge is -2.23. The van der Waals surface area contributed by atoms with Crippen molar-refractivity contribution in [3.8, 4) is 5.75 Å². The number of ether oxygens (including phenoxy) is 1. The minimum Gasteiger partial charge on any atom is -0.495 e. The lowest BCUT2D eigenvalue weighted by molar-refractivity contribution is -0.116. The maximum atomic E-state index is 13.2. The first kappa shape index (κ1) is 20.9. The van der Waals surface area contributed by atoms with Crippen molar-refractivity contribution in [1.29, 1.82) is 0 Å². The number of carbonyl (C=O) groups is 1. The summed E-state index contributed by atoms with van der Waals surface area (Å²) in [7, 11) is -2.31. The van der Waals surface area contributed by atoms with Crippen LogP contribution < -0.4 is 14.4 Å². The zero-order chi connectivity index (χ0) is 20.9. The van der Waals surface area contributed by atoms with Gasteiger partial charge in [-0.05, 0) is 56.0 Å².